The number of hydrogen-bond acceptors (Lipinski definition) is 3. The standard InChI is InChI=1S/C13H12FNO4/c1-13(2,12(18)19)6-15-9-5-7(14)3-4-8(9)10(16)11(15)17/h3-5H,6H2,1-2H3,(H,18,19). The van der Waals surface area contributed by atoms with Gasteiger partial charge in [-0.05, 0) is 32.0 Å². The van der Waals surface area contributed by atoms with E-state index in [-0.39, 0.29) is 17.8 Å². The first-order valence-electron chi connectivity index (χ1n) is 5.63. The Hall–Kier alpha value is -2.24. The van der Waals surface area contributed by atoms with Gasteiger partial charge in [-0.15, -0.1) is 0 Å². The number of Topliss-reactive ketones (excluding diaryl/α,β-unsaturated/α-hetero) is 1. The molecule has 0 saturated carbocycles. The highest BCUT2D eigenvalue weighted by Crippen LogP contribution is 2.32. The molecule has 1 heterocycles. The molecule has 1 aromatic carbocycles. The fraction of sp³-hybridized carbons (Fsp3) is 0.308. The van der Waals surface area contributed by atoms with Crippen molar-refractivity contribution in [1.82, 2.24) is 0 Å². The van der Waals surface area contributed by atoms with Crippen molar-refractivity contribution in [3.05, 3.63) is 29.6 Å². The zero-order valence-corrected chi connectivity index (χ0v) is 10.4. The second-order valence-corrected chi connectivity index (χ2v) is 5.07. The molecule has 1 aromatic rings. The summed E-state index contributed by atoms with van der Waals surface area (Å²) in [7, 11) is 0. The molecule has 0 bridgehead atoms. The number of halogens is 1. The fourth-order valence-corrected chi connectivity index (χ4v) is 1.89. The maximum Gasteiger partial charge on any atom is 0.310 e. The number of anilines is 1. The van der Waals surface area contributed by atoms with Crippen molar-refractivity contribution in [1.29, 1.82) is 0 Å². The van der Waals surface area contributed by atoms with Gasteiger partial charge in [-0.3, -0.25) is 14.4 Å². The number of hydrogen-bond donors (Lipinski definition) is 1. The molecule has 1 amide bonds. The van der Waals surface area contributed by atoms with Crippen LogP contribution in [0.2, 0.25) is 0 Å². The Morgan fingerprint density at radius 2 is 2.00 bits per heavy atom. The lowest BCUT2D eigenvalue weighted by atomic mass is 9.93. The first-order valence-corrected chi connectivity index (χ1v) is 5.63. The minimum atomic E-state index is -1.23. The van der Waals surface area contributed by atoms with Gasteiger partial charge in [0.2, 0.25) is 0 Å². The number of aliphatic carboxylic acids is 1. The number of fused-ring (bicyclic) bond motifs is 1. The van der Waals surface area contributed by atoms with Gasteiger partial charge < -0.3 is 10.0 Å². The van der Waals surface area contributed by atoms with Crippen LogP contribution in [0.15, 0.2) is 18.2 Å². The highest BCUT2D eigenvalue weighted by atomic mass is 19.1. The van der Waals surface area contributed by atoms with E-state index in [1.165, 1.54) is 19.9 Å². The molecule has 1 N–H and O–H groups in total. The van der Waals surface area contributed by atoms with E-state index in [9.17, 15) is 18.8 Å². The lowest BCUT2D eigenvalue weighted by Gasteiger charge is -2.26. The Bertz CT molecular complexity index is 594. The zero-order chi connectivity index (χ0) is 14.4. The van der Waals surface area contributed by atoms with Gasteiger partial charge in [-0.1, -0.05) is 0 Å². The molecule has 1 aliphatic heterocycles. The van der Waals surface area contributed by atoms with Crippen LogP contribution < -0.4 is 4.90 Å². The van der Waals surface area contributed by atoms with Crippen molar-refractivity contribution in [3.8, 4) is 0 Å². The van der Waals surface area contributed by atoms with Crippen LogP contribution in [-0.4, -0.2) is 29.3 Å². The van der Waals surface area contributed by atoms with Crippen LogP contribution >= 0.6 is 0 Å². The Labute approximate surface area is 108 Å². The highest BCUT2D eigenvalue weighted by molar-refractivity contribution is 6.52. The number of carboxylic acids is 1. The van der Waals surface area contributed by atoms with E-state index in [4.69, 9.17) is 5.11 Å². The van der Waals surface area contributed by atoms with Crippen molar-refractivity contribution in [2.24, 2.45) is 5.41 Å². The van der Waals surface area contributed by atoms with Gasteiger partial charge in [0, 0.05) is 6.54 Å². The normalized spacial score (nSPS) is 14.8. The number of ketones is 1. The van der Waals surface area contributed by atoms with Crippen molar-refractivity contribution in [2.75, 3.05) is 11.4 Å². The molecule has 0 unspecified atom stereocenters. The van der Waals surface area contributed by atoms with Crippen LogP contribution in [0, 0.1) is 11.2 Å². The summed E-state index contributed by atoms with van der Waals surface area (Å²) in [6, 6.07) is 3.39. The lowest BCUT2D eigenvalue weighted by Crippen LogP contribution is -2.41. The van der Waals surface area contributed by atoms with Crippen LogP contribution in [0.3, 0.4) is 0 Å². The topological polar surface area (TPSA) is 74.7 Å². The Morgan fingerprint density at radius 1 is 1.37 bits per heavy atom. The van der Waals surface area contributed by atoms with Gasteiger partial charge in [0.05, 0.1) is 16.7 Å². The molecule has 2 rings (SSSR count). The molecular formula is C13H12FNO4. The van der Waals surface area contributed by atoms with Crippen molar-refractivity contribution in [2.45, 2.75) is 13.8 Å². The SMILES string of the molecule is CC(C)(CN1C(=O)C(=O)c2ccc(F)cc21)C(=O)O. The van der Waals surface area contributed by atoms with Crippen molar-refractivity contribution >= 4 is 23.3 Å². The van der Waals surface area contributed by atoms with Gasteiger partial charge >= 0.3 is 5.97 Å². The summed E-state index contributed by atoms with van der Waals surface area (Å²) >= 11 is 0. The molecule has 0 aliphatic carbocycles. The number of amides is 1. The average molecular weight is 265 g/mol. The predicted molar refractivity (Wildman–Crippen MR) is 64.5 cm³/mol. The molecule has 100 valence electrons. The summed E-state index contributed by atoms with van der Waals surface area (Å²) in [6.07, 6.45) is 0. The zero-order valence-electron chi connectivity index (χ0n) is 10.4. The predicted octanol–water partition coefficient (Wildman–Crippen LogP) is 1.47. The molecule has 19 heavy (non-hydrogen) atoms. The van der Waals surface area contributed by atoms with E-state index < -0.39 is 28.9 Å². The smallest absolute Gasteiger partial charge is 0.310 e. The minimum absolute atomic E-state index is 0.104. The first kappa shape index (κ1) is 13.2. The summed E-state index contributed by atoms with van der Waals surface area (Å²) in [5.74, 6) is -3.25. The monoisotopic (exact) mass is 265 g/mol. The fourth-order valence-electron chi connectivity index (χ4n) is 1.89. The number of carbonyl (C=O) groups is 3. The summed E-state index contributed by atoms with van der Waals surface area (Å²) in [6.45, 7) is 2.68. The molecule has 0 saturated heterocycles. The molecule has 0 radical (unpaired) electrons. The van der Waals surface area contributed by atoms with Crippen molar-refractivity contribution in [3.63, 3.8) is 0 Å². The number of benzene rings is 1. The average Bonchev–Trinajstić information content (AvgIpc) is 2.54. The number of carbonyl (C=O) groups excluding carboxylic acids is 2. The molecule has 0 fully saturated rings. The van der Waals surface area contributed by atoms with E-state index in [1.54, 1.807) is 0 Å². The summed E-state index contributed by atoms with van der Waals surface area (Å²) < 4.78 is 13.2. The lowest BCUT2D eigenvalue weighted by molar-refractivity contribution is -0.146. The molecule has 6 heteroatoms. The van der Waals surface area contributed by atoms with Crippen LogP contribution in [-0.2, 0) is 9.59 Å². The molecule has 0 aromatic heterocycles. The van der Waals surface area contributed by atoms with Crippen LogP contribution in [0.5, 0.6) is 0 Å². The largest absolute Gasteiger partial charge is 0.481 e. The Balaban J connectivity index is 2.44. The molecule has 0 atom stereocenters. The van der Waals surface area contributed by atoms with Crippen LogP contribution in [0.4, 0.5) is 10.1 Å². The first-order chi connectivity index (χ1) is 8.74. The summed E-state index contributed by atoms with van der Waals surface area (Å²) in [5, 5.41) is 9.06. The second kappa shape index (κ2) is 4.15. The van der Waals surface area contributed by atoms with Crippen LogP contribution in [0.25, 0.3) is 0 Å². The van der Waals surface area contributed by atoms with Gasteiger partial charge in [-0.2, -0.15) is 0 Å². The molecule has 1 aliphatic rings. The Kier molecular flexibility index (Phi) is 2.88. The van der Waals surface area contributed by atoms with Gasteiger partial charge in [0.15, 0.2) is 0 Å². The molecule has 0 spiro atoms. The summed E-state index contributed by atoms with van der Waals surface area (Å²) in [5.41, 5.74) is -0.999. The van der Waals surface area contributed by atoms with E-state index in [0.717, 1.165) is 17.0 Å². The van der Waals surface area contributed by atoms with E-state index in [0.29, 0.717) is 0 Å². The number of rotatable bonds is 3. The van der Waals surface area contributed by atoms with Gasteiger partial charge in [0.1, 0.15) is 5.82 Å². The summed E-state index contributed by atoms with van der Waals surface area (Å²) in [4.78, 5) is 35.6. The van der Waals surface area contributed by atoms with E-state index in [2.05, 4.69) is 0 Å². The van der Waals surface area contributed by atoms with E-state index in [1.807, 2.05) is 0 Å². The third kappa shape index (κ3) is 2.09. The molecular weight excluding hydrogens is 253 g/mol. The van der Waals surface area contributed by atoms with Gasteiger partial charge in [-0.25, -0.2) is 4.39 Å². The molecule has 5 nitrogen and oxygen atoms in total. The number of nitrogens with zero attached hydrogens (tertiary/aromatic N) is 1. The quantitative estimate of drug-likeness (QED) is 0.840. The maximum atomic E-state index is 13.2. The van der Waals surface area contributed by atoms with Crippen molar-refractivity contribution < 1.29 is 23.9 Å². The maximum absolute atomic E-state index is 13.2. The third-order valence-electron chi connectivity index (χ3n) is 3.07. The number of carboxylic acid groups (broad SMARTS) is 1. The third-order valence-corrected chi connectivity index (χ3v) is 3.07. The second-order valence-electron chi connectivity index (χ2n) is 5.07. The van der Waals surface area contributed by atoms with E-state index >= 15 is 0 Å². The van der Waals surface area contributed by atoms with Crippen LogP contribution in [0.1, 0.15) is 24.2 Å². The highest BCUT2D eigenvalue weighted by Gasteiger charge is 2.41. The Morgan fingerprint density at radius 3 is 2.58 bits per heavy atom. The van der Waals surface area contributed by atoms with Gasteiger partial charge in [0.25, 0.3) is 11.7 Å². The minimum Gasteiger partial charge on any atom is -0.481 e.